The van der Waals surface area contributed by atoms with Crippen molar-refractivity contribution in [1.29, 1.82) is 0 Å². The molecule has 0 spiro atoms. The number of nitrogens with one attached hydrogen (secondary N) is 1. The predicted octanol–water partition coefficient (Wildman–Crippen LogP) is 2.57. The first-order valence-corrected chi connectivity index (χ1v) is 7.93. The van der Waals surface area contributed by atoms with Crippen LogP contribution in [0.25, 0.3) is 0 Å². The molecule has 21 heavy (non-hydrogen) atoms. The summed E-state index contributed by atoms with van der Waals surface area (Å²) in [6, 6.07) is 3.76. The largest absolute Gasteiger partial charge is 0.387 e. The van der Waals surface area contributed by atoms with Gasteiger partial charge in [-0.15, -0.1) is 11.8 Å². The predicted molar refractivity (Wildman–Crippen MR) is 87.5 cm³/mol. The van der Waals surface area contributed by atoms with E-state index in [1.54, 1.807) is 18.1 Å². The summed E-state index contributed by atoms with van der Waals surface area (Å²) in [5.74, 6) is 0.246. The van der Waals surface area contributed by atoms with Gasteiger partial charge < -0.3 is 11.1 Å². The Hall–Kier alpha value is -1.54. The van der Waals surface area contributed by atoms with Crippen LogP contribution in [0, 0.1) is 0 Å². The standard InChI is InChI=1S/C13H16BrN5OS/c1-7(13-17-6-19(3)18-13)21-9-5-4-8(14)11(16-2)10(9)12(15)20/h4-7,16H,1-3H3,(H2,15,20). The van der Waals surface area contributed by atoms with Crippen LogP contribution in [0.15, 0.2) is 27.8 Å². The first-order chi connectivity index (χ1) is 9.93. The highest BCUT2D eigenvalue weighted by atomic mass is 79.9. The van der Waals surface area contributed by atoms with E-state index in [0.29, 0.717) is 17.1 Å². The molecule has 0 aliphatic rings. The normalized spacial score (nSPS) is 12.2. The summed E-state index contributed by atoms with van der Waals surface area (Å²) in [5, 5.41) is 7.30. The molecule has 1 heterocycles. The summed E-state index contributed by atoms with van der Waals surface area (Å²) in [4.78, 5) is 16.8. The molecule has 0 saturated carbocycles. The number of amides is 1. The van der Waals surface area contributed by atoms with Gasteiger partial charge in [-0.3, -0.25) is 9.48 Å². The molecule has 1 atom stereocenters. The molecule has 6 nitrogen and oxygen atoms in total. The van der Waals surface area contributed by atoms with Gasteiger partial charge in [0.05, 0.1) is 16.5 Å². The van der Waals surface area contributed by atoms with Gasteiger partial charge >= 0.3 is 0 Å². The molecule has 0 saturated heterocycles. The van der Waals surface area contributed by atoms with Crippen molar-refractivity contribution in [3.05, 3.63) is 34.3 Å². The van der Waals surface area contributed by atoms with Crippen LogP contribution >= 0.6 is 27.7 Å². The van der Waals surface area contributed by atoms with Crippen molar-refractivity contribution in [1.82, 2.24) is 14.8 Å². The van der Waals surface area contributed by atoms with Crippen LogP contribution in [-0.4, -0.2) is 27.7 Å². The lowest BCUT2D eigenvalue weighted by molar-refractivity contribution is 0.0998. The molecule has 0 aliphatic heterocycles. The van der Waals surface area contributed by atoms with Crippen LogP contribution in [0.1, 0.15) is 28.4 Å². The number of aryl methyl sites for hydroxylation is 1. The summed E-state index contributed by atoms with van der Waals surface area (Å²) in [5.41, 5.74) is 6.69. The third-order valence-electron chi connectivity index (χ3n) is 2.90. The van der Waals surface area contributed by atoms with Crippen molar-refractivity contribution < 1.29 is 4.79 Å². The van der Waals surface area contributed by atoms with Crippen LogP contribution in [-0.2, 0) is 7.05 Å². The molecule has 2 rings (SSSR count). The number of thioether (sulfide) groups is 1. The summed E-state index contributed by atoms with van der Waals surface area (Å²) >= 11 is 4.92. The molecule has 0 fully saturated rings. The fourth-order valence-electron chi connectivity index (χ4n) is 1.93. The van der Waals surface area contributed by atoms with Gasteiger partial charge in [0.2, 0.25) is 0 Å². The SMILES string of the molecule is CNc1c(Br)ccc(SC(C)c2ncn(C)n2)c1C(N)=O. The lowest BCUT2D eigenvalue weighted by atomic mass is 10.1. The van der Waals surface area contributed by atoms with Crippen LogP contribution in [0.5, 0.6) is 0 Å². The summed E-state index contributed by atoms with van der Waals surface area (Å²) in [7, 11) is 3.58. The minimum Gasteiger partial charge on any atom is -0.387 e. The van der Waals surface area contributed by atoms with Crippen molar-refractivity contribution in [2.45, 2.75) is 17.1 Å². The van der Waals surface area contributed by atoms with Gasteiger partial charge in [-0.2, -0.15) is 5.10 Å². The fraction of sp³-hybridized carbons (Fsp3) is 0.308. The highest BCUT2D eigenvalue weighted by molar-refractivity contribution is 9.10. The van der Waals surface area contributed by atoms with E-state index >= 15 is 0 Å². The second-order valence-electron chi connectivity index (χ2n) is 4.45. The van der Waals surface area contributed by atoms with Gasteiger partial charge in [-0.1, -0.05) is 0 Å². The second kappa shape index (κ2) is 6.48. The molecule has 1 unspecified atom stereocenters. The molecular formula is C13H16BrN5OS. The average Bonchev–Trinajstić information content (AvgIpc) is 2.86. The zero-order chi connectivity index (χ0) is 15.6. The lowest BCUT2D eigenvalue weighted by Gasteiger charge is -2.15. The summed E-state index contributed by atoms with van der Waals surface area (Å²) in [6.45, 7) is 1.99. The number of aromatic nitrogens is 3. The molecule has 0 aliphatic carbocycles. The van der Waals surface area contributed by atoms with Crippen molar-refractivity contribution in [2.24, 2.45) is 12.8 Å². The number of halogens is 1. The van der Waals surface area contributed by atoms with E-state index in [-0.39, 0.29) is 5.25 Å². The Labute approximate surface area is 135 Å². The molecular weight excluding hydrogens is 354 g/mol. The van der Waals surface area contributed by atoms with Crippen molar-refractivity contribution in [3.8, 4) is 0 Å². The van der Waals surface area contributed by atoms with E-state index in [0.717, 1.165) is 9.37 Å². The zero-order valence-electron chi connectivity index (χ0n) is 11.9. The van der Waals surface area contributed by atoms with E-state index in [4.69, 9.17) is 5.73 Å². The maximum atomic E-state index is 11.8. The van der Waals surface area contributed by atoms with Gasteiger partial charge in [-0.25, -0.2) is 4.98 Å². The van der Waals surface area contributed by atoms with Gasteiger partial charge in [0, 0.05) is 23.5 Å². The van der Waals surface area contributed by atoms with Crippen LogP contribution < -0.4 is 11.1 Å². The Morgan fingerprint density at radius 2 is 2.24 bits per heavy atom. The number of nitrogens with zero attached hydrogens (tertiary/aromatic N) is 3. The Morgan fingerprint density at radius 1 is 1.52 bits per heavy atom. The zero-order valence-corrected chi connectivity index (χ0v) is 14.3. The second-order valence-corrected chi connectivity index (χ2v) is 6.68. The smallest absolute Gasteiger partial charge is 0.251 e. The molecule has 2 aromatic rings. The fourth-order valence-corrected chi connectivity index (χ4v) is 3.52. The van der Waals surface area contributed by atoms with Crippen LogP contribution in [0.4, 0.5) is 5.69 Å². The summed E-state index contributed by atoms with van der Waals surface area (Å²) in [6.07, 6.45) is 1.65. The monoisotopic (exact) mass is 369 g/mol. The molecule has 0 bridgehead atoms. The number of carbonyl (C=O) groups excluding carboxylic acids is 1. The maximum Gasteiger partial charge on any atom is 0.251 e. The quantitative estimate of drug-likeness (QED) is 0.791. The third-order valence-corrected chi connectivity index (χ3v) is 4.72. The minimum atomic E-state index is -0.468. The molecule has 112 valence electrons. The molecule has 1 aromatic heterocycles. The molecule has 3 N–H and O–H groups in total. The van der Waals surface area contributed by atoms with E-state index in [9.17, 15) is 4.79 Å². The lowest BCUT2D eigenvalue weighted by Crippen LogP contribution is -2.15. The Morgan fingerprint density at radius 3 is 2.76 bits per heavy atom. The van der Waals surface area contributed by atoms with E-state index in [1.165, 1.54) is 11.8 Å². The molecule has 1 amide bonds. The van der Waals surface area contributed by atoms with Gasteiger partial charge in [0.25, 0.3) is 5.91 Å². The van der Waals surface area contributed by atoms with Crippen molar-refractivity contribution >= 4 is 39.3 Å². The topological polar surface area (TPSA) is 85.8 Å². The highest BCUT2D eigenvalue weighted by Crippen LogP contribution is 2.39. The maximum absolute atomic E-state index is 11.8. The first kappa shape index (κ1) is 15.8. The number of primary amides is 1. The van der Waals surface area contributed by atoms with Crippen molar-refractivity contribution in [2.75, 3.05) is 12.4 Å². The Bertz CT molecular complexity index is 673. The van der Waals surface area contributed by atoms with Gasteiger partial charge in [0.15, 0.2) is 5.82 Å². The van der Waals surface area contributed by atoms with Crippen LogP contribution in [0.2, 0.25) is 0 Å². The Balaban J connectivity index is 2.37. The number of hydrogen-bond acceptors (Lipinski definition) is 5. The van der Waals surface area contributed by atoms with E-state index in [2.05, 4.69) is 31.3 Å². The molecule has 8 heteroatoms. The summed E-state index contributed by atoms with van der Waals surface area (Å²) < 4.78 is 2.45. The van der Waals surface area contributed by atoms with Crippen molar-refractivity contribution in [3.63, 3.8) is 0 Å². The molecule has 1 aromatic carbocycles. The van der Waals surface area contributed by atoms with Gasteiger partial charge in [0.1, 0.15) is 6.33 Å². The third kappa shape index (κ3) is 3.38. The number of anilines is 1. The minimum absolute atomic E-state index is 0.00943. The number of hydrogen-bond donors (Lipinski definition) is 2. The first-order valence-electron chi connectivity index (χ1n) is 6.26. The number of benzene rings is 1. The van der Waals surface area contributed by atoms with E-state index in [1.807, 2.05) is 26.1 Å². The Kier molecular flexibility index (Phi) is 4.89. The van der Waals surface area contributed by atoms with Gasteiger partial charge in [-0.05, 0) is 35.0 Å². The number of carbonyl (C=O) groups is 1. The molecule has 0 radical (unpaired) electrons. The average molecular weight is 370 g/mol. The number of nitrogens with two attached hydrogens (primary N) is 1. The highest BCUT2D eigenvalue weighted by Gasteiger charge is 2.20. The van der Waals surface area contributed by atoms with Crippen LogP contribution in [0.3, 0.4) is 0 Å². The number of rotatable bonds is 5. The van der Waals surface area contributed by atoms with E-state index < -0.39 is 5.91 Å².